The third kappa shape index (κ3) is 2.11. The van der Waals surface area contributed by atoms with Gasteiger partial charge in [0.2, 0.25) is 0 Å². The Morgan fingerprint density at radius 3 is 3.09 bits per heavy atom. The molecular formula is C16H16N2O4. The van der Waals surface area contributed by atoms with Crippen molar-refractivity contribution in [2.45, 2.75) is 25.9 Å². The highest BCUT2D eigenvalue weighted by Gasteiger charge is 2.29. The number of hydrogen-bond acceptors (Lipinski definition) is 5. The summed E-state index contributed by atoms with van der Waals surface area (Å²) in [4.78, 5) is 14.8. The number of aryl methyl sites for hydroxylation is 1. The summed E-state index contributed by atoms with van der Waals surface area (Å²) in [5.41, 5.74) is 3.60. The van der Waals surface area contributed by atoms with Gasteiger partial charge in [-0.1, -0.05) is 0 Å². The first-order valence-electron chi connectivity index (χ1n) is 7.02. The number of aromatic nitrogens is 1. The number of hydrogen-bond donors (Lipinski definition) is 2. The molecule has 0 saturated heterocycles. The third-order valence-electron chi connectivity index (χ3n) is 4.14. The number of carbonyl (C=O) groups is 1. The van der Waals surface area contributed by atoms with Crippen LogP contribution in [0.5, 0.6) is 5.75 Å². The quantitative estimate of drug-likeness (QED) is 0.829. The highest BCUT2D eigenvalue weighted by atomic mass is 16.5. The van der Waals surface area contributed by atoms with E-state index >= 15 is 0 Å². The number of phenols is 1. The van der Waals surface area contributed by atoms with Crippen LogP contribution >= 0.6 is 0 Å². The Morgan fingerprint density at radius 2 is 2.41 bits per heavy atom. The number of rotatable bonds is 2. The van der Waals surface area contributed by atoms with Gasteiger partial charge in [0.1, 0.15) is 11.9 Å². The van der Waals surface area contributed by atoms with E-state index in [1.165, 1.54) is 13.2 Å². The molecule has 0 radical (unpaired) electrons. The zero-order valence-corrected chi connectivity index (χ0v) is 12.4. The van der Waals surface area contributed by atoms with Crippen LogP contribution in [-0.4, -0.2) is 29.8 Å². The van der Waals surface area contributed by atoms with Crippen LogP contribution in [0.3, 0.4) is 0 Å². The van der Waals surface area contributed by atoms with E-state index in [4.69, 9.17) is 9.47 Å². The van der Waals surface area contributed by atoms with Crippen molar-refractivity contribution in [1.82, 2.24) is 4.98 Å². The van der Waals surface area contributed by atoms with E-state index < -0.39 is 6.10 Å². The first kappa shape index (κ1) is 14.4. The number of benzene rings is 1. The van der Waals surface area contributed by atoms with E-state index in [1.807, 2.05) is 0 Å². The molecule has 0 amide bonds. The Hall–Kier alpha value is -2.52. The highest BCUT2D eigenvalue weighted by Crippen LogP contribution is 2.39. The Kier molecular flexibility index (Phi) is 3.51. The summed E-state index contributed by atoms with van der Waals surface area (Å²) in [6.45, 7) is 2.27. The lowest BCUT2D eigenvalue weighted by molar-refractivity contribution is -0.144. The number of H-pyrrole nitrogens is 1. The van der Waals surface area contributed by atoms with Crippen LogP contribution in [0.2, 0.25) is 0 Å². The van der Waals surface area contributed by atoms with Crippen molar-refractivity contribution in [2.75, 3.05) is 13.7 Å². The number of ether oxygens (including phenoxy) is 2. The predicted molar refractivity (Wildman–Crippen MR) is 78.4 cm³/mol. The van der Waals surface area contributed by atoms with Gasteiger partial charge in [0.05, 0.1) is 37.3 Å². The summed E-state index contributed by atoms with van der Waals surface area (Å²) in [6.07, 6.45) is 0.353. The minimum atomic E-state index is -0.420. The lowest BCUT2D eigenvalue weighted by Crippen LogP contribution is -2.19. The van der Waals surface area contributed by atoms with Gasteiger partial charge < -0.3 is 19.6 Å². The number of methoxy groups -OCH3 is 1. The number of carbonyl (C=O) groups excluding carboxylic acids is 1. The molecule has 1 unspecified atom stereocenters. The fraction of sp³-hybridized carbons (Fsp3) is 0.375. The molecule has 1 aromatic carbocycles. The number of nitrogens with zero attached hydrogens (tertiary/aromatic N) is 1. The number of fused-ring (bicyclic) bond motifs is 3. The molecule has 22 heavy (non-hydrogen) atoms. The van der Waals surface area contributed by atoms with Crippen molar-refractivity contribution in [2.24, 2.45) is 0 Å². The van der Waals surface area contributed by atoms with E-state index in [1.54, 1.807) is 6.92 Å². The molecule has 1 atom stereocenters. The Labute approximate surface area is 127 Å². The van der Waals surface area contributed by atoms with Crippen LogP contribution in [-0.2, 0) is 20.7 Å². The Morgan fingerprint density at radius 1 is 1.64 bits per heavy atom. The molecule has 6 heteroatoms. The zero-order valence-electron chi connectivity index (χ0n) is 12.4. The van der Waals surface area contributed by atoms with Crippen LogP contribution in [0.15, 0.2) is 6.07 Å². The molecule has 1 aliphatic heterocycles. The van der Waals surface area contributed by atoms with E-state index in [0.29, 0.717) is 24.2 Å². The van der Waals surface area contributed by atoms with E-state index in [0.717, 1.165) is 22.2 Å². The van der Waals surface area contributed by atoms with Gasteiger partial charge in [-0.05, 0) is 25.0 Å². The smallest absolute Gasteiger partial charge is 0.308 e. The second-order valence-electron chi connectivity index (χ2n) is 5.34. The van der Waals surface area contributed by atoms with Gasteiger partial charge >= 0.3 is 5.97 Å². The van der Waals surface area contributed by atoms with Crippen molar-refractivity contribution >= 4 is 16.9 Å². The van der Waals surface area contributed by atoms with Crippen LogP contribution in [0, 0.1) is 18.3 Å². The van der Waals surface area contributed by atoms with Crippen molar-refractivity contribution in [3.63, 3.8) is 0 Å². The largest absolute Gasteiger partial charge is 0.508 e. The second-order valence-corrected chi connectivity index (χ2v) is 5.34. The molecule has 114 valence electrons. The molecule has 0 bridgehead atoms. The maximum absolute atomic E-state index is 11.5. The third-order valence-corrected chi connectivity index (χ3v) is 4.14. The normalized spacial score (nSPS) is 17.0. The molecule has 0 saturated carbocycles. The molecule has 2 N–H and O–H groups in total. The number of aromatic hydroxyl groups is 1. The summed E-state index contributed by atoms with van der Waals surface area (Å²) < 4.78 is 10.4. The monoisotopic (exact) mass is 300 g/mol. The maximum atomic E-state index is 11.5. The second kappa shape index (κ2) is 5.35. The first-order valence-corrected chi connectivity index (χ1v) is 7.02. The Balaban J connectivity index is 2.21. The summed E-state index contributed by atoms with van der Waals surface area (Å²) in [5, 5.41) is 20.1. The summed E-state index contributed by atoms with van der Waals surface area (Å²) >= 11 is 0. The van der Waals surface area contributed by atoms with Crippen LogP contribution < -0.4 is 0 Å². The fourth-order valence-electron chi connectivity index (χ4n) is 2.99. The summed E-state index contributed by atoms with van der Waals surface area (Å²) in [7, 11) is 1.34. The number of nitrogens with one attached hydrogen (secondary N) is 1. The molecule has 6 nitrogen and oxygen atoms in total. The van der Waals surface area contributed by atoms with Crippen LogP contribution in [0.4, 0.5) is 0 Å². The van der Waals surface area contributed by atoms with Crippen molar-refractivity contribution in [3.05, 3.63) is 28.5 Å². The first-order chi connectivity index (χ1) is 10.6. The Bertz CT molecular complexity index is 801. The zero-order chi connectivity index (χ0) is 15.9. The summed E-state index contributed by atoms with van der Waals surface area (Å²) in [5.74, 6) is -0.273. The lowest BCUT2D eigenvalue weighted by atomic mass is 9.97. The highest BCUT2D eigenvalue weighted by molar-refractivity contribution is 5.94. The number of phenolic OH excluding ortho intramolecular Hbond substituents is 1. The molecule has 2 aromatic rings. The standard InChI is InChI=1S/C16H16N2O4/c1-8-11(19)5-9(7-17)14-10-3-4-22-12(6-13(20)21-2)16(10)18-15(8)14/h5,12,18-19H,3-4,6H2,1-2H3. The minimum absolute atomic E-state index is 0.0769. The number of aromatic amines is 1. The van der Waals surface area contributed by atoms with E-state index in [2.05, 4.69) is 11.1 Å². The lowest BCUT2D eigenvalue weighted by Gasteiger charge is -2.22. The number of esters is 1. The van der Waals surface area contributed by atoms with Gasteiger partial charge in [0, 0.05) is 16.6 Å². The van der Waals surface area contributed by atoms with Gasteiger partial charge in [0.15, 0.2) is 0 Å². The van der Waals surface area contributed by atoms with Crippen molar-refractivity contribution in [1.29, 1.82) is 5.26 Å². The summed E-state index contributed by atoms with van der Waals surface area (Å²) in [6, 6.07) is 3.61. The molecule has 2 heterocycles. The van der Waals surface area contributed by atoms with Crippen LogP contribution in [0.25, 0.3) is 10.9 Å². The minimum Gasteiger partial charge on any atom is -0.508 e. The molecular weight excluding hydrogens is 284 g/mol. The SMILES string of the molecule is COC(=O)CC1OCCc2c1[nH]c1c(C)c(O)cc(C#N)c21. The molecule has 0 aliphatic carbocycles. The van der Waals surface area contributed by atoms with E-state index in [-0.39, 0.29) is 18.1 Å². The van der Waals surface area contributed by atoms with Gasteiger partial charge in [-0.25, -0.2) is 0 Å². The average Bonchev–Trinajstić information content (AvgIpc) is 2.91. The molecule has 1 aromatic heterocycles. The molecule has 0 fully saturated rings. The van der Waals surface area contributed by atoms with Gasteiger partial charge in [-0.2, -0.15) is 5.26 Å². The maximum Gasteiger partial charge on any atom is 0.308 e. The van der Waals surface area contributed by atoms with Crippen molar-refractivity contribution < 1.29 is 19.4 Å². The van der Waals surface area contributed by atoms with E-state index in [9.17, 15) is 15.2 Å². The van der Waals surface area contributed by atoms with Gasteiger partial charge in [-0.15, -0.1) is 0 Å². The number of nitriles is 1. The molecule has 0 spiro atoms. The van der Waals surface area contributed by atoms with Gasteiger partial charge in [-0.3, -0.25) is 4.79 Å². The van der Waals surface area contributed by atoms with Gasteiger partial charge in [0.25, 0.3) is 0 Å². The van der Waals surface area contributed by atoms with Crippen LogP contribution in [0.1, 0.15) is 34.9 Å². The topological polar surface area (TPSA) is 95.3 Å². The van der Waals surface area contributed by atoms with Crippen molar-refractivity contribution in [3.8, 4) is 11.8 Å². The fourth-order valence-corrected chi connectivity index (χ4v) is 2.99. The molecule has 3 rings (SSSR count). The predicted octanol–water partition coefficient (Wildman–Crippen LogP) is 2.23. The average molecular weight is 300 g/mol. The molecule has 1 aliphatic rings.